The zero-order valence-corrected chi connectivity index (χ0v) is 11.2. The Bertz CT molecular complexity index is 600. The molecule has 1 atom stereocenters. The van der Waals surface area contributed by atoms with Gasteiger partial charge in [0.05, 0.1) is 11.9 Å². The molecule has 0 radical (unpaired) electrons. The number of carbonyl (C=O) groups is 1. The second-order valence-electron chi connectivity index (χ2n) is 4.74. The van der Waals surface area contributed by atoms with Gasteiger partial charge in [0.1, 0.15) is 17.7 Å². The summed E-state index contributed by atoms with van der Waals surface area (Å²) in [5.74, 6) is 1.54. The van der Waals surface area contributed by atoms with Crippen LogP contribution in [0.1, 0.15) is 18.7 Å². The van der Waals surface area contributed by atoms with Crippen molar-refractivity contribution in [1.29, 1.82) is 0 Å². The Balaban J connectivity index is 1.70. The molecule has 2 aromatic heterocycles. The Morgan fingerprint density at radius 3 is 2.95 bits per heavy atom. The number of nitrogens with zero attached hydrogens (tertiary/aromatic N) is 3. The summed E-state index contributed by atoms with van der Waals surface area (Å²) >= 11 is 0. The average molecular weight is 272 g/mol. The largest absolute Gasteiger partial charge is 0.368 e. The number of ether oxygens (including phenoxy) is 1. The van der Waals surface area contributed by atoms with E-state index in [0.29, 0.717) is 12.3 Å². The number of hydrogen-bond acceptors (Lipinski definition) is 4. The smallest absolute Gasteiger partial charge is 0.253 e. The first-order valence-electron chi connectivity index (χ1n) is 6.63. The van der Waals surface area contributed by atoms with E-state index < -0.39 is 0 Å². The predicted molar refractivity (Wildman–Crippen MR) is 73.7 cm³/mol. The fraction of sp³-hybridized carbons (Fsp3) is 0.357. The molecule has 0 unspecified atom stereocenters. The van der Waals surface area contributed by atoms with Crippen LogP contribution in [0.3, 0.4) is 0 Å². The molecule has 0 bridgehead atoms. The summed E-state index contributed by atoms with van der Waals surface area (Å²) in [5.41, 5.74) is 0.673. The highest BCUT2D eigenvalue weighted by Gasteiger charge is 2.23. The summed E-state index contributed by atoms with van der Waals surface area (Å²) in [4.78, 5) is 20.4. The standard InChI is InChI=1S/C14H16N4O2/c1-10-15-6-7-18(10)13-5-4-11(9-16-13)17-14(19)12-3-2-8-20-12/h4-7,9,12H,2-3,8H2,1H3,(H,17,19)/t12-/m1/s1. The zero-order valence-electron chi connectivity index (χ0n) is 11.2. The van der Waals surface area contributed by atoms with Gasteiger partial charge in [-0.25, -0.2) is 9.97 Å². The van der Waals surface area contributed by atoms with E-state index in [4.69, 9.17) is 4.74 Å². The number of hydrogen-bond donors (Lipinski definition) is 1. The zero-order chi connectivity index (χ0) is 13.9. The highest BCUT2D eigenvalue weighted by atomic mass is 16.5. The first-order chi connectivity index (χ1) is 9.74. The fourth-order valence-corrected chi connectivity index (χ4v) is 2.23. The number of aromatic nitrogens is 3. The maximum absolute atomic E-state index is 11.9. The molecular formula is C14H16N4O2. The van der Waals surface area contributed by atoms with Gasteiger partial charge in [-0.2, -0.15) is 0 Å². The Morgan fingerprint density at radius 1 is 1.45 bits per heavy atom. The summed E-state index contributed by atoms with van der Waals surface area (Å²) in [5, 5.41) is 2.82. The van der Waals surface area contributed by atoms with Crippen molar-refractivity contribution in [2.45, 2.75) is 25.9 Å². The van der Waals surface area contributed by atoms with Gasteiger partial charge in [-0.1, -0.05) is 0 Å². The number of pyridine rings is 1. The molecule has 3 rings (SSSR count). The van der Waals surface area contributed by atoms with E-state index in [1.54, 1.807) is 12.4 Å². The fourth-order valence-electron chi connectivity index (χ4n) is 2.23. The maximum Gasteiger partial charge on any atom is 0.253 e. The minimum Gasteiger partial charge on any atom is -0.368 e. The van der Waals surface area contributed by atoms with Crippen molar-refractivity contribution in [3.63, 3.8) is 0 Å². The lowest BCUT2D eigenvalue weighted by atomic mass is 10.2. The molecule has 6 heteroatoms. The molecule has 1 aliphatic heterocycles. The van der Waals surface area contributed by atoms with Gasteiger partial charge in [-0.3, -0.25) is 9.36 Å². The molecule has 20 heavy (non-hydrogen) atoms. The maximum atomic E-state index is 11.9. The van der Waals surface area contributed by atoms with Crippen LogP contribution < -0.4 is 5.32 Å². The predicted octanol–water partition coefficient (Wildman–Crippen LogP) is 1.69. The second kappa shape index (κ2) is 5.42. The highest BCUT2D eigenvalue weighted by Crippen LogP contribution is 2.16. The van der Waals surface area contributed by atoms with Crippen molar-refractivity contribution in [2.24, 2.45) is 0 Å². The van der Waals surface area contributed by atoms with Gasteiger partial charge in [-0.05, 0) is 31.9 Å². The quantitative estimate of drug-likeness (QED) is 0.923. The van der Waals surface area contributed by atoms with Gasteiger partial charge in [0.25, 0.3) is 5.91 Å². The summed E-state index contributed by atoms with van der Waals surface area (Å²) in [6, 6.07) is 3.68. The summed E-state index contributed by atoms with van der Waals surface area (Å²) in [7, 11) is 0. The van der Waals surface area contributed by atoms with Crippen LogP contribution in [0.5, 0.6) is 0 Å². The first-order valence-corrected chi connectivity index (χ1v) is 6.63. The molecule has 6 nitrogen and oxygen atoms in total. The molecule has 0 aliphatic carbocycles. The number of rotatable bonds is 3. The molecule has 0 aromatic carbocycles. The number of nitrogens with one attached hydrogen (secondary N) is 1. The van der Waals surface area contributed by atoms with E-state index in [2.05, 4.69) is 15.3 Å². The number of anilines is 1. The van der Waals surface area contributed by atoms with Gasteiger partial charge < -0.3 is 10.1 Å². The highest BCUT2D eigenvalue weighted by molar-refractivity contribution is 5.94. The molecule has 1 amide bonds. The minimum atomic E-state index is -0.328. The molecular weight excluding hydrogens is 256 g/mol. The van der Waals surface area contributed by atoms with Crippen LogP contribution in [0, 0.1) is 6.92 Å². The third-order valence-electron chi connectivity index (χ3n) is 3.31. The van der Waals surface area contributed by atoms with Crippen molar-refractivity contribution in [1.82, 2.24) is 14.5 Å². The van der Waals surface area contributed by atoms with Gasteiger partial charge in [0.2, 0.25) is 0 Å². The average Bonchev–Trinajstić information content (AvgIpc) is 3.11. The Hall–Kier alpha value is -2.21. The number of amides is 1. The summed E-state index contributed by atoms with van der Waals surface area (Å²) in [6.07, 6.45) is 6.61. The van der Waals surface area contributed by atoms with E-state index in [1.165, 1.54) is 0 Å². The van der Waals surface area contributed by atoms with Gasteiger partial charge in [0.15, 0.2) is 0 Å². The van der Waals surface area contributed by atoms with Crippen molar-refractivity contribution in [3.05, 3.63) is 36.5 Å². The normalized spacial score (nSPS) is 18.1. The minimum absolute atomic E-state index is 0.101. The van der Waals surface area contributed by atoms with Crippen LogP contribution in [-0.2, 0) is 9.53 Å². The van der Waals surface area contributed by atoms with E-state index >= 15 is 0 Å². The van der Waals surface area contributed by atoms with E-state index in [9.17, 15) is 4.79 Å². The van der Waals surface area contributed by atoms with Crippen LogP contribution in [0.25, 0.3) is 5.82 Å². The summed E-state index contributed by atoms with van der Waals surface area (Å²) in [6.45, 7) is 2.57. The van der Waals surface area contributed by atoms with Gasteiger partial charge >= 0.3 is 0 Å². The Labute approximate surface area is 116 Å². The molecule has 1 fully saturated rings. The first kappa shape index (κ1) is 12.8. The van der Waals surface area contributed by atoms with Crippen molar-refractivity contribution in [3.8, 4) is 5.82 Å². The van der Waals surface area contributed by atoms with E-state index in [0.717, 1.165) is 24.5 Å². The third-order valence-corrected chi connectivity index (χ3v) is 3.31. The SMILES string of the molecule is Cc1nccn1-c1ccc(NC(=O)[C@H]2CCCO2)cn1. The number of imidazole rings is 1. The van der Waals surface area contributed by atoms with E-state index in [-0.39, 0.29) is 12.0 Å². The Kier molecular flexibility index (Phi) is 3.47. The van der Waals surface area contributed by atoms with Crippen LogP contribution in [0.4, 0.5) is 5.69 Å². The second-order valence-corrected chi connectivity index (χ2v) is 4.74. The number of carbonyl (C=O) groups excluding carboxylic acids is 1. The van der Waals surface area contributed by atoms with Crippen molar-refractivity contribution < 1.29 is 9.53 Å². The van der Waals surface area contributed by atoms with Gasteiger partial charge in [-0.15, -0.1) is 0 Å². The van der Waals surface area contributed by atoms with Crippen molar-refractivity contribution in [2.75, 3.05) is 11.9 Å². The van der Waals surface area contributed by atoms with Crippen LogP contribution >= 0.6 is 0 Å². The van der Waals surface area contributed by atoms with Crippen LogP contribution in [-0.4, -0.2) is 33.2 Å². The molecule has 1 N–H and O–H groups in total. The molecule has 3 heterocycles. The van der Waals surface area contributed by atoms with Gasteiger partial charge in [0, 0.05) is 19.0 Å². The molecule has 0 spiro atoms. The topological polar surface area (TPSA) is 69.0 Å². The third kappa shape index (κ3) is 2.55. The van der Waals surface area contributed by atoms with Crippen LogP contribution in [0.2, 0.25) is 0 Å². The number of aryl methyl sites for hydroxylation is 1. The molecule has 1 saturated heterocycles. The van der Waals surface area contributed by atoms with Crippen molar-refractivity contribution >= 4 is 11.6 Å². The lowest BCUT2D eigenvalue weighted by Gasteiger charge is -2.10. The lowest BCUT2D eigenvalue weighted by Crippen LogP contribution is -2.26. The van der Waals surface area contributed by atoms with Crippen LogP contribution in [0.15, 0.2) is 30.7 Å². The Morgan fingerprint density at radius 2 is 2.35 bits per heavy atom. The molecule has 104 valence electrons. The lowest BCUT2D eigenvalue weighted by molar-refractivity contribution is -0.124. The molecule has 0 saturated carbocycles. The van der Waals surface area contributed by atoms with E-state index in [1.807, 2.05) is 29.8 Å². The summed E-state index contributed by atoms with van der Waals surface area (Å²) < 4.78 is 7.22. The monoisotopic (exact) mass is 272 g/mol. The molecule has 2 aromatic rings. The molecule has 1 aliphatic rings.